The van der Waals surface area contributed by atoms with Gasteiger partial charge in [0.25, 0.3) is 0 Å². The lowest BCUT2D eigenvalue weighted by Crippen LogP contribution is -2.41. The molecule has 1 rings (SSSR count). The number of nitrogens with zero attached hydrogens (tertiary/aromatic N) is 1. The standard InChI is InChI=1S/C11H23N3O/c1-11(2)5-7-14(8-11)6-4-9(13-3)10(12)15/h9,13H,4-8H2,1-3H3,(H2,12,15). The van der Waals surface area contributed by atoms with Crippen molar-refractivity contribution >= 4 is 5.91 Å². The van der Waals surface area contributed by atoms with Gasteiger partial charge in [-0.3, -0.25) is 4.79 Å². The lowest BCUT2D eigenvalue weighted by Gasteiger charge is -2.21. The zero-order valence-electron chi connectivity index (χ0n) is 10.0. The highest BCUT2D eigenvalue weighted by atomic mass is 16.1. The summed E-state index contributed by atoms with van der Waals surface area (Å²) in [7, 11) is 1.78. The molecular weight excluding hydrogens is 190 g/mol. The molecule has 0 spiro atoms. The third kappa shape index (κ3) is 3.80. The maximum absolute atomic E-state index is 11.0. The van der Waals surface area contributed by atoms with E-state index in [1.165, 1.54) is 6.42 Å². The molecule has 1 aliphatic rings. The highest BCUT2D eigenvalue weighted by Gasteiger charge is 2.29. The zero-order valence-corrected chi connectivity index (χ0v) is 10.0. The molecule has 4 nitrogen and oxygen atoms in total. The normalized spacial score (nSPS) is 22.9. The van der Waals surface area contributed by atoms with E-state index in [4.69, 9.17) is 5.73 Å². The van der Waals surface area contributed by atoms with E-state index in [1.807, 2.05) is 0 Å². The fourth-order valence-electron chi connectivity index (χ4n) is 2.16. The van der Waals surface area contributed by atoms with Gasteiger partial charge in [0.1, 0.15) is 0 Å². The van der Waals surface area contributed by atoms with Crippen LogP contribution in [0.3, 0.4) is 0 Å². The summed E-state index contributed by atoms with van der Waals surface area (Å²) in [6.07, 6.45) is 2.05. The largest absolute Gasteiger partial charge is 0.368 e. The summed E-state index contributed by atoms with van der Waals surface area (Å²) in [5.41, 5.74) is 5.70. The Morgan fingerprint density at radius 1 is 1.60 bits per heavy atom. The minimum absolute atomic E-state index is 0.186. The molecule has 1 unspecified atom stereocenters. The molecule has 0 radical (unpaired) electrons. The van der Waals surface area contributed by atoms with Crippen LogP contribution in [0.15, 0.2) is 0 Å². The molecule has 15 heavy (non-hydrogen) atoms. The summed E-state index contributed by atoms with van der Waals surface area (Å²) < 4.78 is 0. The average molecular weight is 213 g/mol. The lowest BCUT2D eigenvalue weighted by atomic mass is 9.93. The van der Waals surface area contributed by atoms with Gasteiger partial charge in [0.05, 0.1) is 6.04 Å². The van der Waals surface area contributed by atoms with Gasteiger partial charge in [-0.05, 0) is 31.8 Å². The van der Waals surface area contributed by atoms with Crippen LogP contribution in [-0.2, 0) is 4.79 Å². The van der Waals surface area contributed by atoms with E-state index < -0.39 is 0 Å². The van der Waals surface area contributed by atoms with Gasteiger partial charge in [-0.25, -0.2) is 0 Å². The van der Waals surface area contributed by atoms with Gasteiger partial charge in [-0.1, -0.05) is 13.8 Å². The fraction of sp³-hybridized carbons (Fsp3) is 0.909. The second-order valence-electron chi connectivity index (χ2n) is 5.22. The summed E-state index contributed by atoms with van der Waals surface area (Å²) in [6, 6.07) is -0.186. The van der Waals surface area contributed by atoms with Crippen LogP contribution in [-0.4, -0.2) is 43.5 Å². The molecule has 3 N–H and O–H groups in total. The number of likely N-dealkylation sites (tertiary alicyclic amines) is 1. The van der Waals surface area contributed by atoms with Crippen molar-refractivity contribution in [3.63, 3.8) is 0 Å². The Balaban J connectivity index is 2.29. The fourth-order valence-corrected chi connectivity index (χ4v) is 2.16. The number of primary amides is 1. The maximum atomic E-state index is 11.0. The van der Waals surface area contributed by atoms with E-state index in [1.54, 1.807) is 7.05 Å². The number of nitrogens with two attached hydrogens (primary N) is 1. The number of carbonyl (C=O) groups excluding carboxylic acids is 1. The topological polar surface area (TPSA) is 58.4 Å². The lowest BCUT2D eigenvalue weighted by molar-refractivity contribution is -0.120. The quantitative estimate of drug-likeness (QED) is 0.685. The van der Waals surface area contributed by atoms with E-state index in [2.05, 4.69) is 24.1 Å². The van der Waals surface area contributed by atoms with Crippen molar-refractivity contribution < 1.29 is 4.79 Å². The smallest absolute Gasteiger partial charge is 0.234 e. The van der Waals surface area contributed by atoms with Crippen molar-refractivity contribution in [3.8, 4) is 0 Å². The molecule has 1 aliphatic heterocycles. The second kappa shape index (κ2) is 4.94. The Labute approximate surface area is 92.2 Å². The number of likely N-dealkylation sites (N-methyl/N-ethyl adjacent to an activating group) is 1. The summed E-state index contributed by atoms with van der Waals surface area (Å²) in [5.74, 6) is -0.254. The maximum Gasteiger partial charge on any atom is 0.234 e. The van der Waals surface area contributed by atoms with Crippen molar-refractivity contribution in [1.82, 2.24) is 10.2 Å². The highest BCUT2D eigenvalue weighted by Crippen LogP contribution is 2.28. The molecule has 1 fully saturated rings. The molecule has 0 aliphatic carbocycles. The second-order valence-corrected chi connectivity index (χ2v) is 5.22. The summed E-state index contributed by atoms with van der Waals surface area (Å²) in [5, 5.41) is 2.94. The molecule has 1 amide bonds. The molecule has 0 bridgehead atoms. The Hall–Kier alpha value is -0.610. The van der Waals surface area contributed by atoms with Crippen LogP contribution >= 0.6 is 0 Å². The van der Waals surface area contributed by atoms with E-state index in [9.17, 15) is 4.79 Å². The van der Waals surface area contributed by atoms with Gasteiger partial charge in [0.15, 0.2) is 0 Å². The van der Waals surface area contributed by atoms with Crippen molar-refractivity contribution in [3.05, 3.63) is 0 Å². The van der Waals surface area contributed by atoms with Crippen LogP contribution in [0.25, 0.3) is 0 Å². The van der Waals surface area contributed by atoms with Crippen molar-refractivity contribution in [2.24, 2.45) is 11.1 Å². The SMILES string of the molecule is CNC(CCN1CCC(C)(C)C1)C(N)=O. The number of hydrogen-bond acceptors (Lipinski definition) is 3. The van der Waals surface area contributed by atoms with E-state index in [0.717, 1.165) is 26.1 Å². The third-order valence-electron chi connectivity index (χ3n) is 3.18. The number of rotatable bonds is 5. The van der Waals surface area contributed by atoms with Crippen LogP contribution in [0, 0.1) is 5.41 Å². The average Bonchev–Trinajstić information content (AvgIpc) is 2.46. The summed E-state index contributed by atoms with van der Waals surface area (Å²) >= 11 is 0. The molecular formula is C11H23N3O. The number of carbonyl (C=O) groups is 1. The zero-order chi connectivity index (χ0) is 11.5. The van der Waals surface area contributed by atoms with Gasteiger partial charge < -0.3 is 16.0 Å². The Bertz CT molecular complexity index is 228. The highest BCUT2D eigenvalue weighted by molar-refractivity contribution is 5.79. The minimum Gasteiger partial charge on any atom is -0.368 e. The Morgan fingerprint density at radius 2 is 2.27 bits per heavy atom. The van der Waals surface area contributed by atoms with Gasteiger partial charge in [-0.2, -0.15) is 0 Å². The minimum atomic E-state index is -0.254. The van der Waals surface area contributed by atoms with Gasteiger partial charge in [-0.15, -0.1) is 0 Å². The molecule has 0 saturated carbocycles. The van der Waals surface area contributed by atoms with E-state index in [-0.39, 0.29) is 11.9 Å². The van der Waals surface area contributed by atoms with Crippen molar-refractivity contribution in [2.45, 2.75) is 32.7 Å². The number of amides is 1. The monoisotopic (exact) mass is 213 g/mol. The van der Waals surface area contributed by atoms with Crippen LogP contribution < -0.4 is 11.1 Å². The van der Waals surface area contributed by atoms with Crippen LogP contribution in [0.5, 0.6) is 0 Å². The molecule has 0 aromatic heterocycles. The van der Waals surface area contributed by atoms with E-state index in [0.29, 0.717) is 5.41 Å². The molecule has 0 aromatic rings. The Morgan fingerprint density at radius 3 is 2.67 bits per heavy atom. The molecule has 1 atom stereocenters. The molecule has 4 heteroatoms. The van der Waals surface area contributed by atoms with E-state index >= 15 is 0 Å². The predicted octanol–water partition coefficient (Wildman–Crippen LogP) is 0.182. The number of hydrogen-bond donors (Lipinski definition) is 2. The predicted molar refractivity (Wildman–Crippen MR) is 61.5 cm³/mol. The molecule has 1 saturated heterocycles. The number of nitrogens with one attached hydrogen (secondary N) is 1. The third-order valence-corrected chi connectivity index (χ3v) is 3.18. The van der Waals surface area contributed by atoms with Gasteiger partial charge >= 0.3 is 0 Å². The Kier molecular flexibility index (Phi) is 4.11. The van der Waals surface area contributed by atoms with Crippen molar-refractivity contribution in [2.75, 3.05) is 26.7 Å². The summed E-state index contributed by atoms with van der Waals surface area (Å²) in [4.78, 5) is 13.4. The molecule has 1 heterocycles. The van der Waals surface area contributed by atoms with Crippen LogP contribution in [0.1, 0.15) is 26.7 Å². The van der Waals surface area contributed by atoms with Gasteiger partial charge in [0, 0.05) is 13.1 Å². The first-order chi connectivity index (χ1) is 6.94. The van der Waals surface area contributed by atoms with Crippen LogP contribution in [0.2, 0.25) is 0 Å². The first-order valence-electron chi connectivity index (χ1n) is 5.63. The summed E-state index contributed by atoms with van der Waals surface area (Å²) in [6.45, 7) is 7.80. The molecule has 88 valence electrons. The first kappa shape index (κ1) is 12.5. The van der Waals surface area contributed by atoms with Gasteiger partial charge in [0.2, 0.25) is 5.91 Å². The van der Waals surface area contributed by atoms with Crippen LogP contribution in [0.4, 0.5) is 0 Å². The molecule has 0 aromatic carbocycles. The first-order valence-corrected chi connectivity index (χ1v) is 5.63. The van der Waals surface area contributed by atoms with Crippen molar-refractivity contribution in [1.29, 1.82) is 0 Å².